The smallest absolute Gasteiger partial charge is 0.254 e. The SMILES string of the molecule is COc1cc(C(=O)N2CCS(=O)C(C)(C)C2)ccc1C. The molecule has 0 spiro atoms. The lowest BCUT2D eigenvalue weighted by atomic mass is 10.1. The van der Waals surface area contributed by atoms with Gasteiger partial charge in [-0.25, -0.2) is 0 Å². The number of methoxy groups -OCH3 is 1. The molecule has 0 radical (unpaired) electrons. The van der Waals surface area contributed by atoms with Gasteiger partial charge in [0.15, 0.2) is 0 Å². The van der Waals surface area contributed by atoms with E-state index in [4.69, 9.17) is 4.74 Å². The van der Waals surface area contributed by atoms with Gasteiger partial charge in [-0.3, -0.25) is 9.00 Å². The van der Waals surface area contributed by atoms with Gasteiger partial charge in [0, 0.05) is 35.2 Å². The zero-order chi connectivity index (χ0) is 14.9. The van der Waals surface area contributed by atoms with Crippen molar-refractivity contribution in [3.05, 3.63) is 29.3 Å². The van der Waals surface area contributed by atoms with Gasteiger partial charge in [-0.05, 0) is 38.5 Å². The standard InChI is InChI=1S/C15H21NO3S/c1-11-5-6-12(9-13(11)19-4)14(17)16-7-8-20(18)15(2,3)10-16/h5-6,9H,7-8,10H2,1-4H3. The Morgan fingerprint density at radius 1 is 1.40 bits per heavy atom. The van der Waals surface area contributed by atoms with Gasteiger partial charge < -0.3 is 9.64 Å². The fourth-order valence-electron chi connectivity index (χ4n) is 2.39. The van der Waals surface area contributed by atoms with Crippen molar-refractivity contribution in [1.82, 2.24) is 4.90 Å². The number of ether oxygens (including phenoxy) is 1. The maximum atomic E-state index is 12.5. The van der Waals surface area contributed by atoms with Crippen LogP contribution in [0.5, 0.6) is 5.75 Å². The van der Waals surface area contributed by atoms with Gasteiger partial charge >= 0.3 is 0 Å². The van der Waals surface area contributed by atoms with E-state index in [0.29, 0.717) is 24.4 Å². The molecule has 0 aliphatic carbocycles. The van der Waals surface area contributed by atoms with Gasteiger partial charge in [-0.1, -0.05) is 6.07 Å². The van der Waals surface area contributed by atoms with Crippen LogP contribution in [0.25, 0.3) is 0 Å². The van der Waals surface area contributed by atoms with E-state index >= 15 is 0 Å². The Morgan fingerprint density at radius 2 is 2.10 bits per heavy atom. The summed E-state index contributed by atoms with van der Waals surface area (Å²) in [6.45, 7) is 6.90. The molecule has 0 bridgehead atoms. The van der Waals surface area contributed by atoms with E-state index in [1.165, 1.54) is 0 Å². The molecular formula is C15H21NO3S. The molecule has 1 saturated heterocycles. The minimum atomic E-state index is -0.872. The molecule has 20 heavy (non-hydrogen) atoms. The third-order valence-corrected chi connectivity index (χ3v) is 5.59. The quantitative estimate of drug-likeness (QED) is 0.838. The molecule has 1 fully saturated rings. The van der Waals surface area contributed by atoms with Gasteiger partial charge in [0.2, 0.25) is 0 Å². The van der Waals surface area contributed by atoms with Crippen molar-refractivity contribution < 1.29 is 13.7 Å². The van der Waals surface area contributed by atoms with Gasteiger partial charge in [0.1, 0.15) is 5.75 Å². The largest absolute Gasteiger partial charge is 0.496 e. The number of amides is 1. The van der Waals surface area contributed by atoms with E-state index in [1.54, 1.807) is 18.1 Å². The molecule has 1 aliphatic rings. The number of nitrogens with zero attached hydrogens (tertiary/aromatic N) is 1. The third-order valence-electron chi connectivity index (χ3n) is 3.68. The second-order valence-electron chi connectivity index (χ2n) is 5.72. The van der Waals surface area contributed by atoms with Gasteiger partial charge in [0.25, 0.3) is 5.91 Å². The third kappa shape index (κ3) is 2.87. The summed E-state index contributed by atoms with van der Waals surface area (Å²) < 4.78 is 16.8. The molecule has 1 aromatic rings. The van der Waals surface area contributed by atoms with Crippen molar-refractivity contribution in [3.63, 3.8) is 0 Å². The summed E-state index contributed by atoms with van der Waals surface area (Å²) in [5, 5.41) is 0. The summed E-state index contributed by atoms with van der Waals surface area (Å²) >= 11 is 0. The van der Waals surface area contributed by atoms with Crippen molar-refractivity contribution >= 4 is 16.7 Å². The molecule has 1 atom stereocenters. The first-order valence-corrected chi connectivity index (χ1v) is 7.99. The highest BCUT2D eigenvalue weighted by Gasteiger charge is 2.35. The van der Waals surface area contributed by atoms with Crippen LogP contribution in [0.2, 0.25) is 0 Å². The van der Waals surface area contributed by atoms with Crippen LogP contribution in [-0.4, -0.2) is 45.7 Å². The lowest BCUT2D eigenvalue weighted by molar-refractivity contribution is 0.0745. The Bertz CT molecular complexity index is 554. The molecule has 1 aromatic carbocycles. The van der Waals surface area contributed by atoms with Crippen LogP contribution in [0, 0.1) is 6.92 Å². The van der Waals surface area contributed by atoms with E-state index in [1.807, 2.05) is 32.9 Å². The highest BCUT2D eigenvalue weighted by atomic mass is 32.2. The van der Waals surface area contributed by atoms with E-state index in [9.17, 15) is 9.00 Å². The Morgan fingerprint density at radius 3 is 2.70 bits per heavy atom. The first-order chi connectivity index (χ1) is 9.35. The van der Waals surface area contributed by atoms with E-state index < -0.39 is 10.8 Å². The topological polar surface area (TPSA) is 46.6 Å². The second kappa shape index (κ2) is 5.56. The molecule has 0 saturated carbocycles. The first-order valence-electron chi connectivity index (χ1n) is 6.67. The fraction of sp³-hybridized carbons (Fsp3) is 0.533. The molecule has 2 rings (SSSR count). The maximum absolute atomic E-state index is 12.5. The van der Waals surface area contributed by atoms with Crippen molar-refractivity contribution in [3.8, 4) is 5.75 Å². The molecule has 1 heterocycles. The normalized spacial score (nSPS) is 21.6. The predicted octanol–water partition coefficient (Wildman–Crippen LogP) is 1.99. The summed E-state index contributed by atoms with van der Waals surface area (Å²) in [6.07, 6.45) is 0. The summed E-state index contributed by atoms with van der Waals surface area (Å²) in [6, 6.07) is 5.48. The molecule has 1 aliphatic heterocycles. The first kappa shape index (κ1) is 15.0. The van der Waals surface area contributed by atoms with Crippen molar-refractivity contribution in [2.45, 2.75) is 25.5 Å². The number of benzene rings is 1. The molecule has 0 aromatic heterocycles. The number of hydrogen-bond acceptors (Lipinski definition) is 3. The van der Waals surface area contributed by atoms with Crippen molar-refractivity contribution in [1.29, 1.82) is 0 Å². The van der Waals surface area contributed by atoms with Crippen LogP contribution in [0.1, 0.15) is 29.8 Å². The summed E-state index contributed by atoms with van der Waals surface area (Å²) in [7, 11) is 0.729. The predicted molar refractivity (Wildman–Crippen MR) is 80.7 cm³/mol. The molecule has 4 nitrogen and oxygen atoms in total. The number of aryl methyl sites for hydroxylation is 1. The lowest BCUT2D eigenvalue weighted by Crippen LogP contribution is -2.52. The average Bonchev–Trinajstić information content (AvgIpc) is 2.41. The summed E-state index contributed by atoms with van der Waals surface area (Å²) in [5.41, 5.74) is 1.63. The lowest BCUT2D eigenvalue weighted by Gasteiger charge is -2.37. The molecule has 0 N–H and O–H groups in total. The molecule has 1 unspecified atom stereocenters. The Kier molecular flexibility index (Phi) is 4.18. The van der Waals surface area contributed by atoms with Crippen LogP contribution in [0.15, 0.2) is 18.2 Å². The minimum absolute atomic E-state index is 0.0203. The fourth-order valence-corrected chi connectivity index (χ4v) is 3.63. The van der Waals surface area contributed by atoms with E-state index in [-0.39, 0.29) is 10.7 Å². The van der Waals surface area contributed by atoms with Crippen LogP contribution >= 0.6 is 0 Å². The second-order valence-corrected chi connectivity index (χ2v) is 7.92. The number of hydrogen-bond donors (Lipinski definition) is 0. The van der Waals surface area contributed by atoms with Crippen LogP contribution in [0.3, 0.4) is 0 Å². The van der Waals surface area contributed by atoms with Gasteiger partial charge in [-0.2, -0.15) is 0 Å². The molecule has 5 heteroatoms. The number of carbonyl (C=O) groups is 1. The average molecular weight is 295 g/mol. The van der Waals surface area contributed by atoms with E-state index in [0.717, 1.165) is 11.3 Å². The zero-order valence-electron chi connectivity index (χ0n) is 12.4. The highest BCUT2D eigenvalue weighted by molar-refractivity contribution is 7.86. The monoisotopic (exact) mass is 295 g/mol. The van der Waals surface area contributed by atoms with Crippen LogP contribution in [0.4, 0.5) is 0 Å². The summed E-state index contributed by atoms with van der Waals surface area (Å²) in [5.74, 6) is 1.24. The molecular weight excluding hydrogens is 274 g/mol. The van der Waals surface area contributed by atoms with Crippen LogP contribution in [-0.2, 0) is 10.8 Å². The number of rotatable bonds is 2. The zero-order valence-corrected chi connectivity index (χ0v) is 13.3. The molecule has 110 valence electrons. The van der Waals surface area contributed by atoms with Crippen molar-refractivity contribution in [2.75, 3.05) is 26.0 Å². The van der Waals surface area contributed by atoms with Crippen LogP contribution < -0.4 is 4.74 Å². The highest BCUT2D eigenvalue weighted by Crippen LogP contribution is 2.24. The minimum Gasteiger partial charge on any atom is -0.496 e. The summed E-state index contributed by atoms with van der Waals surface area (Å²) in [4.78, 5) is 14.3. The van der Waals surface area contributed by atoms with Crippen molar-refractivity contribution in [2.24, 2.45) is 0 Å². The Labute approximate surface area is 122 Å². The Hall–Kier alpha value is -1.36. The van der Waals surface area contributed by atoms with Gasteiger partial charge in [0.05, 0.1) is 11.9 Å². The molecule has 1 amide bonds. The van der Waals surface area contributed by atoms with E-state index in [2.05, 4.69) is 0 Å². The Balaban J connectivity index is 2.22. The number of carbonyl (C=O) groups excluding carboxylic acids is 1. The van der Waals surface area contributed by atoms with Gasteiger partial charge in [-0.15, -0.1) is 0 Å². The maximum Gasteiger partial charge on any atom is 0.254 e.